The zero-order chi connectivity index (χ0) is 22.1. The van der Waals surface area contributed by atoms with Crippen LogP contribution < -0.4 is 15.8 Å². The third-order valence-electron chi connectivity index (χ3n) is 4.37. The van der Waals surface area contributed by atoms with E-state index in [0.29, 0.717) is 27.1 Å². The molecule has 1 amide bonds. The Morgan fingerprint density at radius 3 is 2.68 bits per heavy atom. The Bertz CT molecular complexity index is 1290. The molecule has 158 valence electrons. The van der Waals surface area contributed by atoms with Gasteiger partial charge in [0.2, 0.25) is 0 Å². The lowest BCUT2D eigenvalue weighted by molar-refractivity contribution is 0.102. The molecule has 0 fully saturated rings. The summed E-state index contributed by atoms with van der Waals surface area (Å²) in [7, 11) is 1.48. The molecule has 0 saturated heterocycles. The molecule has 2 aromatic carbocycles. The summed E-state index contributed by atoms with van der Waals surface area (Å²) in [6.07, 6.45) is 0. The standard InChI is InChI=1S/C21H16F2N4O2S2/c1-10-25-19(24)18(31-10)21-27-17(9-30-21)13-7-16(15(23)8-14(13)22)26-20(28)11-4-3-5-12(6-11)29-2/h3-9H,24H2,1-2H3,(H,26,28). The molecule has 0 saturated carbocycles. The molecule has 2 heterocycles. The van der Waals surface area contributed by atoms with Crippen molar-refractivity contribution < 1.29 is 18.3 Å². The summed E-state index contributed by atoms with van der Waals surface area (Å²) in [4.78, 5) is 21.8. The van der Waals surface area contributed by atoms with Crippen LogP contribution >= 0.6 is 22.7 Å². The Hall–Kier alpha value is -3.37. The maximum atomic E-state index is 14.5. The number of methoxy groups -OCH3 is 1. The third-order valence-corrected chi connectivity index (χ3v) is 6.35. The number of aryl methyl sites for hydroxylation is 1. The third kappa shape index (κ3) is 4.25. The van der Waals surface area contributed by atoms with Crippen LogP contribution in [0.1, 0.15) is 15.4 Å². The molecular formula is C21H16F2N4O2S2. The predicted octanol–water partition coefficient (Wildman–Crippen LogP) is 5.36. The van der Waals surface area contributed by atoms with E-state index in [1.807, 2.05) is 6.92 Å². The summed E-state index contributed by atoms with van der Waals surface area (Å²) in [6, 6.07) is 8.36. The monoisotopic (exact) mass is 458 g/mol. The molecule has 0 aliphatic heterocycles. The number of ether oxygens (including phenoxy) is 1. The number of halogens is 2. The van der Waals surface area contributed by atoms with Gasteiger partial charge < -0.3 is 15.8 Å². The predicted molar refractivity (Wildman–Crippen MR) is 119 cm³/mol. The van der Waals surface area contributed by atoms with E-state index in [0.717, 1.165) is 11.1 Å². The van der Waals surface area contributed by atoms with Gasteiger partial charge in [0.25, 0.3) is 5.91 Å². The van der Waals surface area contributed by atoms with Crippen LogP contribution in [0.2, 0.25) is 0 Å². The van der Waals surface area contributed by atoms with Crippen LogP contribution in [0, 0.1) is 18.6 Å². The molecule has 31 heavy (non-hydrogen) atoms. The highest BCUT2D eigenvalue weighted by molar-refractivity contribution is 7.21. The Kier molecular flexibility index (Phi) is 5.66. The number of carbonyl (C=O) groups excluding carboxylic acids is 1. The Balaban J connectivity index is 1.65. The highest BCUT2D eigenvalue weighted by Gasteiger charge is 2.19. The molecule has 0 aliphatic carbocycles. The molecule has 4 rings (SSSR count). The number of hydrogen-bond acceptors (Lipinski definition) is 7. The van der Waals surface area contributed by atoms with Gasteiger partial charge in [-0.1, -0.05) is 6.07 Å². The molecule has 3 N–H and O–H groups in total. The highest BCUT2D eigenvalue weighted by Crippen LogP contribution is 2.37. The fourth-order valence-electron chi connectivity index (χ4n) is 2.90. The van der Waals surface area contributed by atoms with Crippen LogP contribution in [0.4, 0.5) is 20.3 Å². The molecular weight excluding hydrogens is 442 g/mol. The lowest BCUT2D eigenvalue weighted by Crippen LogP contribution is -2.13. The van der Waals surface area contributed by atoms with E-state index in [1.165, 1.54) is 41.9 Å². The second-order valence-corrected chi connectivity index (χ2v) is 8.54. The Morgan fingerprint density at radius 2 is 1.97 bits per heavy atom. The largest absolute Gasteiger partial charge is 0.497 e. The number of amides is 1. The second-order valence-electron chi connectivity index (χ2n) is 6.48. The number of nitrogen functional groups attached to an aromatic ring is 1. The van der Waals surface area contributed by atoms with Crippen LogP contribution in [0.25, 0.3) is 21.1 Å². The van der Waals surface area contributed by atoms with Crippen molar-refractivity contribution in [2.75, 3.05) is 18.2 Å². The zero-order valence-electron chi connectivity index (χ0n) is 16.4. The number of anilines is 2. The normalized spacial score (nSPS) is 10.8. The molecule has 0 bridgehead atoms. The van der Waals surface area contributed by atoms with Gasteiger partial charge in [0.1, 0.15) is 33.1 Å². The molecule has 0 atom stereocenters. The number of hydrogen-bond donors (Lipinski definition) is 2. The van der Waals surface area contributed by atoms with Crippen LogP contribution in [-0.4, -0.2) is 23.0 Å². The first kappa shape index (κ1) is 20.9. The van der Waals surface area contributed by atoms with Crippen LogP contribution in [0.3, 0.4) is 0 Å². The SMILES string of the molecule is COc1cccc(C(=O)Nc2cc(-c3csc(-c4sc(C)nc4N)n3)c(F)cc2F)c1. The Morgan fingerprint density at radius 1 is 1.16 bits per heavy atom. The number of benzene rings is 2. The van der Waals surface area contributed by atoms with Crippen molar-refractivity contribution in [1.29, 1.82) is 0 Å². The first-order chi connectivity index (χ1) is 14.9. The molecule has 10 heteroatoms. The molecule has 0 aliphatic rings. The number of thiazole rings is 2. The van der Waals surface area contributed by atoms with Crippen molar-refractivity contribution >= 4 is 40.1 Å². The summed E-state index contributed by atoms with van der Waals surface area (Å²) in [5, 5.41) is 5.50. The summed E-state index contributed by atoms with van der Waals surface area (Å²) < 4.78 is 34.0. The van der Waals surface area contributed by atoms with Gasteiger partial charge in [0.15, 0.2) is 0 Å². The van der Waals surface area contributed by atoms with E-state index in [9.17, 15) is 13.6 Å². The van der Waals surface area contributed by atoms with Gasteiger partial charge in [-0.2, -0.15) is 0 Å². The summed E-state index contributed by atoms with van der Waals surface area (Å²) in [5.74, 6) is -1.39. The average Bonchev–Trinajstić information content (AvgIpc) is 3.35. The minimum atomic E-state index is -0.893. The molecule has 0 unspecified atom stereocenters. The van der Waals surface area contributed by atoms with Crippen molar-refractivity contribution in [3.63, 3.8) is 0 Å². The van der Waals surface area contributed by atoms with Crippen molar-refractivity contribution in [2.24, 2.45) is 0 Å². The van der Waals surface area contributed by atoms with Gasteiger partial charge >= 0.3 is 0 Å². The summed E-state index contributed by atoms with van der Waals surface area (Å²) in [6.45, 7) is 1.83. The highest BCUT2D eigenvalue weighted by atomic mass is 32.1. The van der Waals surface area contributed by atoms with E-state index in [4.69, 9.17) is 10.5 Å². The van der Waals surface area contributed by atoms with E-state index in [2.05, 4.69) is 15.3 Å². The molecule has 2 aromatic heterocycles. The Labute approximate surface area is 184 Å². The fraction of sp³-hybridized carbons (Fsp3) is 0.0952. The van der Waals surface area contributed by atoms with Gasteiger partial charge in [-0.15, -0.1) is 22.7 Å². The quantitative estimate of drug-likeness (QED) is 0.420. The average molecular weight is 459 g/mol. The first-order valence-corrected chi connectivity index (χ1v) is 10.7. The number of nitrogens with two attached hydrogens (primary N) is 1. The smallest absolute Gasteiger partial charge is 0.255 e. The lowest BCUT2D eigenvalue weighted by atomic mass is 10.1. The fourth-order valence-corrected chi connectivity index (χ4v) is 4.66. The summed E-state index contributed by atoms with van der Waals surface area (Å²) in [5.41, 5.74) is 6.39. The molecule has 0 radical (unpaired) electrons. The van der Waals surface area contributed by atoms with Crippen LogP contribution in [-0.2, 0) is 0 Å². The number of aromatic nitrogens is 2. The van der Waals surface area contributed by atoms with E-state index in [1.54, 1.807) is 23.6 Å². The van der Waals surface area contributed by atoms with Crippen molar-refractivity contribution in [1.82, 2.24) is 9.97 Å². The van der Waals surface area contributed by atoms with Gasteiger partial charge in [-0.25, -0.2) is 18.7 Å². The number of carbonyl (C=O) groups is 1. The summed E-state index contributed by atoms with van der Waals surface area (Å²) >= 11 is 2.66. The van der Waals surface area contributed by atoms with Crippen molar-refractivity contribution in [3.8, 4) is 26.9 Å². The minimum Gasteiger partial charge on any atom is -0.497 e. The van der Waals surface area contributed by atoms with Gasteiger partial charge in [0.05, 0.1) is 23.5 Å². The number of rotatable bonds is 5. The topological polar surface area (TPSA) is 90.1 Å². The minimum absolute atomic E-state index is 0.0599. The number of nitrogens with zero attached hydrogens (tertiary/aromatic N) is 2. The number of nitrogens with one attached hydrogen (secondary N) is 1. The van der Waals surface area contributed by atoms with Crippen molar-refractivity contribution in [3.05, 3.63) is 64.0 Å². The molecule has 4 aromatic rings. The second kappa shape index (κ2) is 8.40. The molecule has 6 nitrogen and oxygen atoms in total. The first-order valence-electron chi connectivity index (χ1n) is 8.99. The lowest BCUT2D eigenvalue weighted by Gasteiger charge is -2.10. The van der Waals surface area contributed by atoms with Gasteiger partial charge in [-0.05, 0) is 31.2 Å². The van der Waals surface area contributed by atoms with Gasteiger partial charge in [-0.3, -0.25) is 4.79 Å². The van der Waals surface area contributed by atoms with E-state index in [-0.39, 0.29) is 16.8 Å². The maximum Gasteiger partial charge on any atom is 0.255 e. The van der Waals surface area contributed by atoms with Gasteiger partial charge in [0, 0.05) is 22.6 Å². The molecule has 0 spiro atoms. The van der Waals surface area contributed by atoms with Crippen LogP contribution in [0.5, 0.6) is 5.75 Å². The van der Waals surface area contributed by atoms with Crippen molar-refractivity contribution in [2.45, 2.75) is 6.92 Å². The van der Waals surface area contributed by atoms with Crippen LogP contribution in [0.15, 0.2) is 41.8 Å². The zero-order valence-corrected chi connectivity index (χ0v) is 18.0. The van der Waals surface area contributed by atoms with E-state index < -0.39 is 17.5 Å². The van der Waals surface area contributed by atoms with E-state index >= 15 is 0 Å². The maximum absolute atomic E-state index is 14.5.